The molecule has 0 saturated carbocycles. The molecule has 114 valence electrons. The van der Waals surface area contributed by atoms with Crippen LogP contribution in [0, 0.1) is 19.8 Å². The molecule has 4 nitrogen and oxygen atoms in total. The second-order valence-electron chi connectivity index (χ2n) is 5.99. The minimum Gasteiger partial charge on any atom is -0.481 e. The van der Waals surface area contributed by atoms with Crippen molar-refractivity contribution >= 4 is 11.8 Å². The predicted molar refractivity (Wildman–Crippen MR) is 81.7 cm³/mol. The highest BCUT2D eigenvalue weighted by molar-refractivity contribution is 6.00. The van der Waals surface area contributed by atoms with Gasteiger partial charge in [0, 0.05) is 18.0 Å². The second kappa shape index (κ2) is 6.85. The Hall–Kier alpha value is -1.68. The monoisotopic (exact) mass is 289 g/mol. The maximum atomic E-state index is 12.7. The number of ketones is 1. The number of likely N-dealkylation sites (tertiary alicyclic amines) is 1. The van der Waals surface area contributed by atoms with E-state index in [9.17, 15) is 9.59 Å². The van der Waals surface area contributed by atoms with Crippen molar-refractivity contribution in [1.82, 2.24) is 4.90 Å². The summed E-state index contributed by atoms with van der Waals surface area (Å²) in [5.41, 5.74) is 2.70. The van der Waals surface area contributed by atoms with E-state index in [1.807, 2.05) is 32.0 Å². The van der Waals surface area contributed by atoms with Crippen molar-refractivity contribution in [3.63, 3.8) is 0 Å². The number of carboxylic acid groups (broad SMARTS) is 1. The van der Waals surface area contributed by atoms with Crippen molar-refractivity contribution in [2.24, 2.45) is 5.92 Å². The molecular weight excluding hydrogens is 266 g/mol. The van der Waals surface area contributed by atoms with Gasteiger partial charge in [0.1, 0.15) is 0 Å². The van der Waals surface area contributed by atoms with Crippen LogP contribution in [0.2, 0.25) is 0 Å². The highest BCUT2D eigenvalue weighted by Crippen LogP contribution is 2.20. The lowest BCUT2D eigenvalue weighted by molar-refractivity contribution is -0.137. The Balaban J connectivity index is 2.17. The topological polar surface area (TPSA) is 57.6 Å². The van der Waals surface area contributed by atoms with Crippen molar-refractivity contribution in [3.8, 4) is 0 Å². The number of aliphatic carboxylic acids is 1. The third-order valence-electron chi connectivity index (χ3n) is 4.12. The summed E-state index contributed by atoms with van der Waals surface area (Å²) < 4.78 is 0. The van der Waals surface area contributed by atoms with E-state index in [0.29, 0.717) is 12.1 Å². The minimum atomic E-state index is -0.905. The summed E-state index contributed by atoms with van der Waals surface area (Å²) in [5.74, 6) is -1.40. The highest BCUT2D eigenvalue weighted by Gasteiger charge is 2.27. The fraction of sp³-hybridized carbons (Fsp3) is 0.529. The van der Waals surface area contributed by atoms with Crippen LogP contribution in [-0.4, -0.2) is 41.4 Å². The van der Waals surface area contributed by atoms with Crippen LogP contribution in [0.1, 0.15) is 40.7 Å². The molecule has 1 aromatic rings. The van der Waals surface area contributed by atoms with Crippen molar-refractivity contribution in [1.29, 1.82) is 0 Å². The quantitative estimate of drug-likeness (QED) is 0.818. The van der Waals surface area contributed by atoms with Gasteiger partial charge in [-0.25, -0.2) is 0 Å². The number of aryl methyl sites for hydroxylation is 2. The summed E-state index contributed by atoms with van der Waals surface area (Å²) in [7, 11) is 0. The minimum absolute atomic E-state index is 0.0400. The number of hydrogen-bond donors (Lipinski definition) is 1. The SMILES string of the molecule is Cc1ccc(C(=O)C(CC(=O)O)CN2CCCC2)c(C)c1. The van der Waals surface area contributed by atoms with Gasteiger partial charge in [-0.15, -0.1) is 0 Å². The molecule has 1 N–H and O–H groups in total. The molecule has 1 aliphatic heterocycles. The number of benzene rings is 1. The standard InChI is InChI=1S/C17H23NO3/c1-12-5-6-15(13(2)9-12)17(21)14(10-16(19)20)11-18-7-3-4-8-18/h5-6,9,14H,3-4,7-8,10-11H2,1-2H3,(H,19,20). The Morgan fingerprint density at radius 3 is 2.48 bits per heavy atom. The van der Waals surface area contributed by atoms with Gasteiger partial charge in [0.15, 0.2) is 5.78 Å². The van der Waals surface area contributed by atoms with Crippen LogP contribution in [-0.2, 0) is 4.79 Å². The third-order valence-corrected chi connectivity index (χ3v) is 4.12. The van der Waals surface area contributed by atoms with E-state index in [1.165, 1.54) is 0 Å². The van der Waals surface area contributed by atoms with E-state index < -0.39 is 11.9 Å². The molecule has 21 heavy (non-hydrogen) atoms. The lowest BCUT2D eigenvalue weighted by Crippen LogP contribution is -2.33. The Bertz CT molecular complexity index is 533. The smallest absolute Gasteiger partial charge is 0.304 e. The van der Waals surface area contributed by atoms with Gasteiger partial charge in [-0.3, -0.25) is 9.59 Å². The molecular formula is C17H23NO3. The second-order valence-corrected chi connectivity index (χ2v) is 5.99. The molecule has 1 fully saturated rings. The van der Waals surface area contributed by atoms with E-state index in [0.717, 1.165) is 37.1 Å². The number of carboxylic acids is 1. The molecule has 0 radical (unpaired) electrons. The van der Waals surface area contributed by atoms with E-state index >= 15 is 0 Å². The number of nitrogens with zero attached hydrogens (tertiary/aromatic N) is 1. The molecule has 0 spiro atoms. The van der Waals surface area contributed by atoms with Gasteiger partial charge in [-0.2, -0.15) is 0 Å². The summed E-state index contributed by atoms with van der Waals surface area (Å²) in [5, 5.41) is 9.10. The average molecular weight is 289 g/mol. The summed E-state index contributed by atoms with van der Waals surface area (Å²) in [6.45, 7) is 6.39. The number of carbonyl (C=O) groups is 2. The van der Waals surface area contributed by atoms with Crippen LogP contribution in [0.4, 0.5) is 0 Å². The first-order valence-corrected chi connectivity index (χ1v) is 7.53. The number of Topliss-reactive ketones (excluding diaryl/α,β-unsaturated/α-hetero) is 1. The first-order chi connectivity index (χ1) is 9.97. The highest BCUT2D eigenvalue weighted by atomic mass is 16.4. The molecule has 0 bridgehead atoms. The number of hydrogen-bond acceptors (Lipinski definition) is 3. The van der Waals surface area contributed by atoms with Gasteiger partial charge in [-0.1, -0.05) is 23.8 Å². The maximum absolute atomic E-state index is 12.7. The molecule has 0 aromatic heterocycles. The van der Waals surface area contributed by atoms with Crippen LogP contribution < -0.4 is 0 Å². The molecule has 4 heteroatoms. The summed E-state index contributed by atoms with van der Waals surface area (Å²) >= 11 is 0. The Kier molecular flexibility index (Phi) is 5.12. The van der Waals surface area contributed by atoms with Crippen molar-refractivity contribution in [2.45, 2.75) is 33.1 Å². The van der Waals surface area contributed by atoms with E-state index in [-0.39, 0.29) is 12.2 Å². The molecule has 0 aliphatic carbocycles. The lowest BCUT2D eigenvalue weighted by atomic mass is 9.91. The molecule has 0 amide bonds. The summed E-state index contributed by atoms with van der Waals surface area (Å²) in [6, 6.07) is 5.71. The summed E-state index contributed by atoms with van der Waals surface area (Å²) in [4.78, 5) is 26.0. The van der Waals surface area contributed by atoms with Crippen molar-refractivity contribution < 1.29 is 14.7 Å². The zero-order valence-electron chi connectivity index (χ0n) is 12.8. The molecule has 1 saturated heterocycles. The zero-order chi connectivity index (χ0) is 15.4. The van der Waals surface area contributed by atoms with Gasteiger partial charge in [0.05, 0.1) is 6.42 Å². The average Bonchev–Trinajstić information content (AvgIpc) is 2.89. The van der Waals surface area contributed by atoms with E-state index in [1.54, 1.807) is 0 Å². The van der Waals surface area contributed by atoms with Crippen LogP contribution in [0.3, 0.4) is 0 Å². The normalized spacial score (nSPS) is 16.9. The third kappa shape index (κ3) is 4.14. The van der Waals surface area contributed by atoms with E-state index in [2.05, 4.69) is 4.90 Å². The predicted octanol–water partition coefficient (Wildman–Crippen LogP) is 2.67. The number of rotatable bonds is 6. The Morgan fingerprint density at radius 2 is 1.90 bits per heavy atom. The molecule has 1 unspecified atom stereocenters. The maximum Gasteiger partial charge on any atom is 0.304 e. The lowest BCUT2D eigenvalue weighted by Gasteiger charge is -2.22. The number of carbonyl (C=O) groups excluding carboxylic acids is 1. The Morgan fingerprint density at radius 1 is 1.24 bits per heavy atom. The largest absolute Gasteiger partial charge is 0.481 e. The van der Waals surface area contributed by atoms with Crippen LogP contribution in [0.25, 0.3) is 0 Å². The fourth-order valence-corrected chi connectivity index (χ4v) is 3.04. The first kappa shape index (κ1) is 15.7. The van der Waals surface area contributed by atoms with Crippen LogP contribution >= 0.6 is 0 Å². The molecule has 1 heterocycles. The van der Waals surface area contributed by atoms with Crippen molar-refractivity contribution in [2.75, 3.05) is 19.6 Å². The van der Waals surface area contributed by atoms with Crippen LogP contribution in [0.5, 0.6) is 0 Å². The van der Waals surface area contributed by atoms with Crippen molar-refractivity contribution in [3.05, 3.63) is 34.9 Å². The van der Waals surface area contributed by atoms with Gasteiger partial charge in [-0.05, 0) is 45.3 Å². The molecule has 2 rings (SSSR count). The summed E-state index contributed by atoms with van der Waals surface area (Å²) in [6.07, 6.45) is 2.18. The zero-order valence-corrected chi connectivity index (χ0v) is 12.8. The van der Waals surface area contributed by atoms with Gasteiger partial charge in [0.2, 0.25) is 0 Å². The van der Waals surface area contributed by atoms with Gasteiger partial charge >= 0.3 is 5.97 Å². The molecule has 1 aromatic carbocycles. The fourth-order valence-electron chi connectivity index (χ4n) is 3.04. The Labute approximate surface area is 125 Å². The molecule has 1 aliphatic rings. The molecule has 1 atom stereocenters. The van der Waals surface area contributed by atoms with E-state index in [4.69, 9.17) is 5.11 Å². The van der Waals surface area contributed by atoms with Gasteiger partial charge in [0.25, 0.3) is 0 Å². The van der Waals surface area contributed by atoms with Crippen LogP contribution in [0.15, 0.2) is 18.2 Å². The van der Waals surface area contributed by atoms with Gasteiger partial charge < -0.3 is 10.0 Å². The first-order valence-electron chi connectivity index (χ1n) is 7.53.